The number of halogens is 3. The van der Waals surface area contributed by atoms with Crippen LogP contribution in [0.15, 0.2) is 11.2 Å². The van der Waals surface area contributed by atoms with Crippen LogP contribution in [0.1, 0.15) is 0 Å². The van der Waals surface area contributed by atoms with Crippen LogP contribution in [0.2, 0.25) is 0 Å². The zero-order chi connectivity index (χ0) is 8.60. The molecule has 0 radical (unpaired) electrons. The molecule has 0 saturated heterocycles. The van der Waals surface area contributed by atoms with Crippen LogP contribution < -0.4 is 0 Å². The second-order valence-corrected chi connectivity index (χ2v) is 4.59. The molecule has 10 heavy (non-hydrogen) atoms. The van der Waals surface area contributed by atoms with Crippen molar-refractivity contribution in [1.82, 2.24) is 0 Å². The normalized spacial score (nSPS) is 15.6. The van der Waals surface area contributed by atoms with Gasteiger partial charge in [-0.1, -0.05) is 0 Å². The maximum absolute atomic E-state index is 11.8. The minimum Gasteiger partial charge on any atom is -0.303 e. The summed E-state index contributed by atoms with van der Waals surface area (Å²) in [5, 5.41) is -2.68. The van der Waals surface area contributed by atoms with Crippen molar-refractivity contribution in [3.63, 3.8) is 0 Å². The van der Waals surface area contributed by atoms with Crippen LogP contribution >= 0.6 is 0 Å². The molecule has 0 fully saturated rings. The van der Waals surface area contributed by atoms with Crippen LogP contribution in [0.3, 0.4) is 0 Å². The van der Waals surface area contributed by atoms with Gasteiger partial charge < -0.3 is 9.11 Å². The summed E-state index contributed by atoms with van der Waals surface area (Å²) in [6, 6.07) is 0. The van der Waals surface area contributed by atoms with Gasteiger partial charge in [0.1, 0.15) is 9.63 Å². The lowest BCUT2D eigenvalue weighted by molar-refractivity contribution is 0.355. The van der Waals surface area contributed by atoms with Crippen molar-refractivity contribution in [2.45, 2.75) is 0 Å². The van der Waals surface area contributed by atoms with Crippen molar-refractivity contribution in [3.05, 3.63) is 11.2 Å². The van der Waals surface area contributed by atoms with E-state index in [1.807, 2.05) is 0 Å². The van der Waals surface area contributed by atoms with Gasteiger partial charge in [-0.2, -0.15) is 13.2 Å². The molecule has 0 amide bonds. The number of rotatable bonds is 1. The lowest BCUT2D eigenvalue weighted by atomic mass is 11.1. The van der Waals surface area contributed by atoms with E-state index in [0.717, 1.165) is 0 Å². The van der Waals surface area contributed by atoms with Gasteiger partial charge in [-0.15, -0.1) is 0 Å². The second kappa shape index (κ2) is 2.04. The van der Waals surface area contributed by atoms with E-state index in [4.69, 9.17) is 9.11 Å². The fourth-order valence-corrected chi connectivity index (χ4v) is 0.533. The van der Waals surface area contributed by atoms with Crippen LogP contribution in [0.5, 0.6) is 0 Å². The third-order valence-corrected chi connectivity index (χ3v) is 1.54. The molecule has 0 aliphatic heterocycles. The van der Waals surface area contributed by atoms with E-state index >= 15 is 0 Å². The van der Waals surface area contributed by atoms with Gasteiger partial charge in [-0.25, -0.2) is 4.21 Å². The van der Waals surface area contributed by atoms with Gasteiger partial charge in [-0.05, 0) is 0 Å². The highest BCUT2D eigenvalue weighted by molar-refractivity contribution is 8.12. The summed E-state index contributed by atoms with van der Waals surface area (Å²) in [4.78, 5) is 0. The zero-order valence-corrected chi connectivity index (χ0v) is 5.66. The third-order valence-electron chi connectivity index (χ3n) is 0.561. The summed E-state index contributed by atoms with van der Waals surface area (Å²) < 4.78 is 60.5. The molecular formula is C3H5F3O3S. The van der Waals surface area contributed by atoms with E-state index in [0.29, 0.717) is 0 Å². The summed E-state index contributed by atoms with van der Waals surface area (Å²) in [6.45, 7) is 0. The fourth-order valence-electron chi connectivity index (χ4n) is 0.178. The quantitative estimate of drug-likeness (QED) is 0.638. The van der Waals surface area contributed by atoms with Crippen molar-refractivity contribution in [2.75, 3.05) is 6.26 Å². The molecule has 0 spiro atoms. The molecule has 0 bridgehead atoms. The molecule has 0 aliphatic carbocycles. The first kappa shape index (κ1) is 9.60. The zero-order valence-electron chi connectivity index (χ0n) is 4.84. The third kappa shape index (κ3) is 2.46. The Hall–Kier alpha value is -0.400. The minimum atomic E-state index is -5.84. The van der Waals surface area contributed by atoms with Gasteiger partial charge in [-0.3, -0.25) is 0 Å². The Labute approximate surface area is 54.6 Å². The summed E-state index contributed by atoms with van der Waals surface area (Å²) in [5.74, 6) is 0. The Morgan fingerprint density at radius 3 is 1.60 bits per heavy atom. The Morgan fingerprint density at radius 2 is 1.60 bits per heavy atom. The van der Waals surface area contributed by atoms with Gasteiger partial charge in [0.15, 0.2) is 0 Å². The lowest BCUT2D eigenvalue weighted by Gasteiger charge is -2.21. The topological polar surface area (TPSA) is 57.5 Å². The second-order valence-electron chi connectivity index (χ2n) is 1.77. The standard InChI is InChI=1S/C3H5F3O3S/c1-10(7,8,9)3(6)2(4)5/h1H3,(H2,7,8,9). The average Bonchev–Trinajstić information content (AvgIpc) is 1.59. The highest BCUT2D eigenvalue weighted by Gasteiger charge is 2.34. The maximum atomic E-state index is 11.8. The van der Waals surface area contributed by atoms with E-state index in [1.54, 1.807) is 0 Å². The molecule has 0 unspecified atom stereocenters. The highest BCUT2D eigenvalue weighted by Crippen LogP contribution is 2.28. The SMILES string of the molecule is CS(=O)(O)(O)C(F)=C(F)F. The Kier molecular flexibility index (Phi) is 1.96. The van der Waals surface area contributed by atoms with Crippen molar-refractivity contribution in [2.24, 2.45) is 0 Å². The van der Waals surface area contributed by atoms with Crippen molar-refractivity contribution < 1.29 is 26.5 Å². The highest BCUT2D eigenvalue weighted by atomic mass is 32.3. The van der Waals surface area contributed by atoms with Crippen LogP contribution in [0.25, 0.3) is 0 Å². The first-order valence-electron chi connectivity index (χ1n) is 1.96. The Morgan fingerprint density at radius 1 is 1.30 bits per heavy atom. The number of hydrogen-bond donors (Lipinski definition) is 2. The van der Waals surface area contributed by atoms with Gasteiger partial charge in [0.2, 0.25) is 0 Å². The number of hydrogen-bond acceptors (Lipinski definition) is 1. The van der Waals surface area contributed by atoms with Gasteiger partial charge in [0.05, 0.1) is 0 Å². The van der Waals surface area contributed by atoms with Gasteiger partial charge in [0, 0.05) is 6.26 Å². The van der Waals surface area contributed by atoms with Crippen LogP contribution in [0.4, 0.5) is 13.2 Å². The first-order valence-corrected chi connectivity index (χ1v) is 4.25. The van der Waals surface area contributed by atoms with E-state index in [-0.39, 0.29) is 6.26 Å². The molecule has 0 aliphatic rings. The smallest absolute Gasteiger partial charge is 0.303 e. The molecular weight excluding hydrogens is 173 g/mol. The molecule has 62 valence electrons. The lowest BCUT2D eigenvalue weighted by Crippen LogP contribution is -2.29. The maximum Gasteiger partial charge on any atom is 0.317 e. The summed E-state index contributed by atoms with van der Waals surface area (Å²) >= 11 is 0. The Balaban J connectivity index is 5.09. The molecule has 0 atom stereocenters. The van der Waals surface area contributed by atoms with Crippen LogP contribution in [-0.2, 0) is 9.63 Å². The molecule has 2 N–H and O–H groups in total. The van der Waals surface area contributed by atoms with Crippen molar-refractivity contribution in [3.8, 4) is 0 Å². The van der Waals surface area contributed by atoms with Crippen molar-refractivity contribution >= 4 is 9.63 Å². The van der Waals surface area contributed by atoms with Gasteiger partial charge >= 0.3 is 6.08 Å². The van der Waals surface area contributed by atoms with E-state index < -0.39 is 20.9 Å². The monoisotopic (exact) mass is 178 g/mol. The van der Waals surface area contributed by atoms with Crippen LogP contribution in [-0.4, -0.2) is 19.6 Å². The molecule has 3 nitrogen and oxygen atoms in total. The largest absolute Gasteiger partial charge is 0.317 e. The molecule has 0 heterocycles. The molecule has 0 aromatic rings. The summed E-state index contributed by atoms with van der Waals surface area (Å²) in [7, 11) is -5.84. The molecule has 0 saturated carbocycles. The first-order chi connectivity index (χ1) is 4.11. The summed E-state index contributed by atoms with van der Waals surface area (Å²) in [5.41, 5.74) is 0. The fraction of sp³-hybridized carbons (Fsp3) is 0.333. The van der Waals surface area contributed by atoms with Crippen LogP contribution in [0, 0.1) is 0 Å². The Bertz CT molecular complexity index is 224. The van der Waals surface area contributed by atoms with E-state index in [9.17, 15) is 17.4 Å². The van der Waals surface area contributed by atoms with E-state index in [2.05, 4.69) is 0 Å². The predicted molar refractivity (Wildman–Crippen MR) is 29.7 cm³/mol. The van der Waals surface area contributed by atoms with Crippen molar-refractivity contribution in [1.29, 1.82) is 0 Å². The average molecular weight is 178 g/mol. The van der Waals surface area contributed by atoms with E-state index in [1.165, 1.54) is 0 Å². The van der Waals surface area contributed by atoms with Gasteiger partial charge in [0.25, 0.3) is 5.16 Å². The summed E-state index contributed by atoms with van der Waals surface area (Å²) in [6.07, 6.45) is -2.92. The minimum absolute atomic E-state index is 0.0751. The molecule has 0 aromatic carbocycles. The molecule has 7 heteroatoms. The predicted octanol–water partition coefficient (Wildman–Crippen LogP) is 1.42. The molecule has 0 rings (SSSR count). The molecule has 0 aromatic heterocycles.